The fourth-order valence-corrected chi connectivity index (χ4v) is 4.96. The number of carbonyl (C=O) groups excluding carboxylic acids is 2. The first-order chi connectivity index (χ1) is 14.6. The minimum atomic E-state index is -0.389. The lowest BCUT2D eigenvalue weighted by molar-refractivity contribution is -0.149. The highest BCUT2D eigenvalue weighted by Crippen LogP contribution is 2.47. The largest absolute Gasteiger partial charge is 0.466 e. The van der Waals surface area contributed by atoms with E-state index < -0.39 is 0 Å². The molecule has 2 N–H and O–H groups in total. The first-order valence-electron chi connectivity index (χ1n) is 10.3. The van der Waals surface area contributed by atoms with Crippen molar-refractivity contribution < 1.29 is 14.3 Å². The molecule has 7 nitrogen and oxygen atoms in total. The van der Waals surface area contributed by atoms with Crippen LogP contribution in [0.3, 0.4) is 0 Å². The molecule has 3 aromatic rings. The minimum absolute atomic E-state index is 0.0130. The monoisotopic (exact) mass is 424 g/mol. The summed E-state index contributed by atoms with van der Waals surface area (Å²) < 4.78 is 5.20. The molecule has 1 saturated carbocycles. The lowest BCUT2D eigenvalue weighted by atomic mass is 10.1. The molecule has 2 aromatic heterocycles. The summed E-state index contributed by atoms with van der Waals surface area (Å²) in [7, 11) is 0. The van der Waals surface area contributed by atoms with Crippen molar-refractivity contribution in [2.75, 3.05) is 25.0 Å². The third kappa shape index (κ3) is 3.45. The average Bonchev–Trinajstić information content (AvgIpc) is 3.25. The molecule has 0 bridgehead atoms. The number of thiazole rings is 1. The molecule has 8 heteroatoms. The number of aromatic nitrogens is 2. The Hall–Kier alpha value is -2.87. The van der Waals surface area contributed by atoms with E-state index in [0.29, 0.717) is 31.9 Å². The maximum Gasteiger partial charge on any atom is 0.313 e. The summed E-state index contributed by atoms with van der Waals surface area (Å²) >= 11 is 1.57. The van der Waals surface area contributed by atoms with Crippen molar-refractivity contribution in [1.29, 1.82) is 0 Å². The molecule has 0 saturated heterocycles. The van der Waals surface area contributed by atoms with Gasteiger partial charge in [0.05, 0.1) is 24.3 Å². The molecule has 1 aromatic carbocycles. The second-order valence-electron chi connectivity index (χ2n) is 7.99. The number of H-pyrrole nitrogens is 1. The number of aromatic amines is 1. The topological polar surface area (TPSA) is 87.3 Å². The van der Waals surface area contributed by atoms with Crippen molar-refractivity contribution in [3.05, 3.63) is 46.6 Å². The van der Waals surface area contributed by atoms with E-state index in [-0.39, 0.29) is 17.3 Å². The molecule has 0 radical (unpaired) electrons. The summed E-state index contributed by atoms with van der Waals surface area (Å²) in [6.45, 7) is 4.00. The highest BCUT2D eigenvalue weighted by Gasteiger charge is 2.51. The molecule has 5 rings (SSSR count). The van der Waals surface area contributed by atoms with Crippen LogP contribution in [0.25, 0.3) is 10.9 Å². The number of anilines is 1. The molecule has 0 atom stereocenters. The predicted molar refractivity (Wildman–Crippen MR) is 116 cm³/mol. The number of hydrogen-bond acceptors (Lipinski definition) is 6. The number of amides is 1. The Morgan fingerprint density at radius 1 is 1.33 bits per heavy atom. The highest BCUT2D eigenvalue weighted by atomic mass is 32.1. The number of hydrogen-bond donors (Lipinski definition) is 2. The van der Waals surface area contributed by atoms with Crippen molar-refractivity contribution in [2.45, 2.75) is 32.7 Å². The van der Waals surface area contributed by atoms with Crippen molar-refractivity contribution >= 4 is 39.2 Å². The molecule has 156 valence electrons. The van der Waals surface area contributed by atoms with E-state index in [1.807, 2.05) is 42.2 Å². The number of nitrogens with one attached hydrogen (secondary N) is 2. The van der Waals surface area contributed by atoms with Gasteiger partial charge in [-0.15, -0.1) is 0 Å². The van der Waals surface area contributed by atoms with Gasteiger partial charge >= 0.3 is 5.97 Å². The van der Waals surface area contributed by atoms with Crippen LogP contribution in [0.1, 0.15) is 40.8 Å². The molecule has 1 aliphatic heterocycles. The first kappa shape index (κ1) is 19.1. The zero-order chi connectivity index (χ0) is 20.7. The minimum Gasteiger partial charge on any atom is -0.466 e. The molecule has 1 amide bonds. The molecule has 2 aliphatic rings. The number of para-hydroxylation sites is 1. The van der Waals surface area contributed by atoms with Crippen molar-refractivity contribution in [2.24, 2.45) is 5.41 Å². The third-order valence-corrected chi connectivity index (χ3v) is 6.96. The van der Waals surface area contributed by atoms with Crippen LogP contribution < -0.4 is 5.32 Å². The molecule has 0 spiro atoms. The molecule has 3 heterocycles. The van der Waals surface area contributed by atoms with Gasteiger partial charge in [0.25, 0.3) is 5.91 Å². The van der Waals surface area contributed by atoms with Crippen molar-refractivity contribution in [3.8, 4) is 0 Å². The Balaban J connectivity index is 1.25. The number of carbonyl (C=O) groups is 2. The fraction of sp³-hybridized carbons (Fsp3) is 0.409. The number of rotatable bonds is 6. The molecule has 1 aliphatic carbocycles. The van der Waals surface area contributed by atoms with Gasteiger partial charge in [-0.3, -0.25) is 9.59 Å². The second-order valence-corrected chi connectivity index (χ2v) is 9.07. The van der Waals surface area contributed by atoms with Gasteiger partial charge in [-0.05, 0) is 31.9 Å². The van der Waals surface area contributed by atoms with E-state index in [1.165, 1.54) is 0 Å². The van der Waals surface area contributed by atoms with Crippen molar-refractivity contribution in [3.63, 3.8) is 0 Å². The van der Waals surface area contributed by atoms with Gasteiger partial charge in [0.15, 0.2) is 5.13 Å². The van der Waals surface area contributed by atoms with E-state index in [2.05, 4.69) is 10.3 Å². The molecular weight excluding hydrogens is 400 g/mol. The summed E-state index contributed by atoms with van der Waals surface area (Å²) in [5.41, 5.74) is 2.25. The van der Waals surface area contributed by atoms with Crippen LogP contribution in [0.4, 0.5) is 5.13 Å². The third-order valence-electron chi connectivity index (χ3n) is 5.92. The number of ether oxygens (including phenoxy) is 1. The Morgan fingerprint density at radius 2 is 2.17 bits per heavy atom. The van der Waals surface area contributed by atoms with Crippen LogP contribution in [-0.2, 0) is 22.5 Å². The zero-order valence-electron chi connectivity index (χ0n) is 16.9. The van der Waals surface area contributed by atoms with E-state index >= 15 is 0 Å². The van der Waals surface area contributed by atoms with Gasteiger partial charge < -0.3 is 19.9 Å². The van der Waals surface area contributed by atoms with Gasteiger partial charge in [-0.1, -0.05) is 29.5 Å². The molecule has 1 fully saturated rings. The van der Waals surface area contributed by atoms with Crippen LogP contribution in [-0.4, -0.2) is 46.4 Å². The van der Waals surface area contributed by atoms with Crippen LogP contribution in [0.5, 0.6) is 0 Å². The van der Waals surface area contributed by atoms with Gasteiger partial charge in [0.2, 0.25) is 0 Å². The summed E-state index contributed by atoms with van der Waals surface area (Å²) in [6, 6.07) is 9.82. The molecular formula is C22H24N4O3S. The first-order valence-corrected chi connectivity index (χ1v) is 11.2. The average molecular weight is 425 g/mol. The summed E-state index contributed by atoms with van der Waals surface area (Å²) in [6.07, 6.45) is 2.45. The maximum atomic E-state index is 13.0. The van der Waals surface area contributed by atoms with Crippen molar-refractivity contribution in [1.82, 2.24) is 14.9 Å². The summed E-state index contributed by atoms with van der Waals surface area (Å²) in [4.78, 5) is 36.0. The normalized spacial score (nSPS) is 16.9. The van der Waals surface area contributed by atoms with Gasteiger partial charge in [0, 0.05) is 35.3 Å². The maximum absolute atomic E-state index is 13.0. The number of nitrogens with zero attached hydrogens (tertiary/aromatic N) is 2. The lowest BCUT2D eigenvalue weighted by Gasteiger charge is -2.25. The molecule has 0 unspecified atom stereocenters. The summed E-state index contributed by atoms with van der Waals surface area (Å²) in [5.74, 6) is -0.104. The second kappa shape index (κ2) is 7.43. The number of benzene rings is 1. The standard InChI is InChI=1S/C22H24N4O3S/c1-2-29-20(28)22(8-9-22)13-23-21-25-16-7-10-26(12-18(16)30-21)19(27)17-11-14-5-3-4-6-15(14)24-17/h3-6,11,24H,2,7-10,12-13H2,1H3,(H,23,25). The van der Waals surface area contributed by atoms with E-state index in [4.69, 9.17) is 9.72 Å². The van der Waals surface area contributed by atoms with Gasteiger partial charge in [-0.2, -0.15) is 0 Å². The SMILES string of the molecule is CCOC(=O)C1(CNc2nc3c(s2)CN(C(=O)c2cc4ccccc4[nH]2)CC3)CC1. The highest BCUT2D eigenvalue weighted by molar-refractivity contribution is 7.15. The predicted octanol–water partition coefficient (Wildman–Crippen LogP) is 3.58. The number of fused-ring (bicyclic) bond motifs is 2. The van der Waals surface area contributed by atoms with E-state index in [1.54, 1.807) is 11.3 Å². The Kier molecular flexibility index (Phi) is 4.73. The van der Waals surface area contributed by atoms with E-state index in [9.17, 15) is 9.59 Å². The fourth-order valence-electron chi connectivity index (χ4n) is 3.94. The lowest BCUT2D eigenvalue weighted by Crippen LogP contribution is -2.35. The van der Waals surface area contributed by atoms with Crippen LogP contribution in [0.2, 0.25) is 0 Å². The van der Waals surface area contributed by atoms with Gasteiger partial charge in [0.1, 0.15) is 5.69 Å². The zero-order valence-corrected chi connectivity index (χ0v) is 17.7. The van der Waals surface area contributed by atoms with Crippen LogP contribution in [0.15, 0.2) is 30.3 Å². The van der Waals surface area contributed by atoms with E-state index in [0.717, 1.165) is 45.9 Å². The quantitative estimate of drug-likeness (QED) is 0.591. The van der Waals surface area contributed by atoms with Gasteiger partial charge in [-0.25, -0.2) is 4.98 Å². The Morgan fingerprint density at radius 3 is 2.93 bits per heavy atom. The smallest absolute Gasteiger partial charge is 0.313 e. The van der Waals surface area contributed by atoms with Crippen LogP contribution >= 0.6 is 11.3 Å². The Labute approximate surface area is 178 Å². The summed E-state index contributed by atoms with van der Waals surface area (Å²) in [5, 5.41) is 5.19. The number of esters is 1. The molecule has 30 heavy (non-hydrogen) atoms. The van der Waals surface area contributed by atoms with Crippen LogP contribution in [0, 0.1) is 5.41 Å². The Bertz CT molecular complexity index is 1080.